The quantitative estimate of drug-likeness (QED) is 0.690. The number of likely N-dealkylation sites (N-methyl/N-ethyl adjacent to an activating group) is 1. The van der Waals surface area contributed by atoms with Gasteiger partial charge < -0.3 is 10.2 Å². The van der Waals surface area contributed by atoms with Gasteiger partial charge >= 0.3 is 0 Å². The van der Waals surface area contributed by atoms with Crippen LogP contribution in [0.2, 0.25) is 0 Å². The molecule has 0 amide bonds. The summed E-state index contributed by atoms with van der Waals surface area (Å²) in [7, 11) is 2.05. The predicted octanol–water partition coefficient (Wildman–Crippen LogP) is 1.47. The SMILES string of the molecule is CNC(C)(C)CN1CCCCC1. The van der Waals surface area contributed by atoms with E-state index >= 15 is 0 Å². The summed E-state index contributed by atoms with van der Waals surface area (Å²) in [6.45, 7) is 8.31. The van der Waals surface area contributed by atoms with E-state index < -0.39 is 0 Å². The maximum atomic E-state index is 3.35. The summed E-state index contributed by atoms with van der Waals surface area (Å²) in [4.78, 5) is 2.57. The van der Waals surface area contributed by atoms with E-state index in [2.05, 4.69) is 24.1 Å². The van der Waals surface area contributed by atoms with Gasteiger partial charge in [-0.1, -0.05) is 6.42 Å². The molecular formula is C10H22N2. The summed E-state index contributed by atoms with van der Waals surface area (Å²) in [6, 6.07) is 0. The first-order valence-electron chi connectivity index (χ1n) is 5.05. The molecule has 0 radical (unpaired) electrons. The third kappa shape index (κ3) is 3.11. The zero-order chi connectivity index (χ0) is 9.03. The molecule has 72 valence electrons. The largest absolute Gasteiger partial charge is 0.314 e. The van der Waals surface area contributed by atoms with E-state index in [1.54, 1.807) is 0 Å². The van der Waals surface area contributed by atoms with Crippen LogP contribution in [0.25, 0.3) is 0 Å². The molecule has 1 rings (SSSR count). The molecule has 0 aromatic heterocycles. The van der Waals surface area contributed by atoms with Crippen LogP contribution in [0.5, 0.6) is 0 Å². The summed E-state index contributed by atoms with van der Waals surface area (Å²) in [5, 5.41) is 3.35. The van der Waals surface area contributed by atoms with Crippen molar-refractivity contribution in [1.29, 1.82) is 0 Å². The fourth-order valence-electron chi connectivity index (χ4n) is 1.76. The second-order valence-corrected chi connectivity index (χ2v) is 4.47. The van der Waals surface area contributed by atoms with Gasteiger partial charge in [-0.05, 0) is 46.8 Å². The van der Waals surface area contributed by atoms with Gasteiger partial charge in [0.05, 0.1) is 0 Å². The van der Waals surface area contributed by atoms with E-state index in [1.807, 2.05) is 7.05 Å². The smallest absolute Gasteiger partial charge is 0.0249 e. The lowest BCUT2D eigenvalue weighted by atomic mass is 10.0. The first-order chi connectivity index (χ1) is 5.64. The highest BCUT2D eigenvalue weighted by atomic mass is 15.2. The molecule has 1 fully saturated rings. The Kier molecular flexibility index (Phi) is 3.53. The number of hydrogen-bond donors (Lipinski definition) is 1. The van der Waals surface area contributed by atoms with Crippen molar-refractivity contribution < 1.29 is 0 Å². The predicted molar refractivity (Wildman–Crippen MR) is 53.4 cm³/mol. The second kappa shape index (κ2) is 4.24. The molecule has 1 aliphatic rings. The van der Waals surface area contributed by atoms with Gasteiger partial charge in [-0.25, -0.2) is 0 Å². The molecule has 2 nitrogen and oxygen atoms in total. The zero-order valence-corrected chi connectivity index (χ0v) is 8.69. The van der Waals surface area contributed by atoms with E-state index in [9.17, 15) is 0 Å². The minimum atomic E-state index is 0.275. The van der Waals surface area contributed by atoms with Gasteiger partial charge in [-0.2, -0.15) is 0 Å². The zero-order valence-electron chi connectivity index (χ0n) is 8.69. The van der Waals surface area contributed by atoms with Crippen molar-refractivity contribution in [2.45, 2.75) is 38.6 Å². The molecule has 1 heterocycles. The van der Waals surface area contributed by atoms with Crippen molar-refractivity contribution >= 4 is 0 Å². The molecule has 0 spiro atoms. The molecule has 1 N–H and O–H groups in total. The van der Waals surface area contributed by atoms with Gasteiger partial charge in [0.15, 0.2) is 0 Å². The Morgan fingerprint density at radius 1 is 1.17 bits per heavy atom. The van der Waals surface area contributed by atoms with Crippen LogP contribution in [0.1, 0.15) is 33.1 Å². The van der Waals surface area contributed by atoms with Crippen LogP contribution < -0.4 is 5.32 Å². The van der Waals surface area contributed by atoms with E-state index in [0.717, 1.165) is 0 Å². The second-order valence-electron chi connectivity index (χ2n) is 4.47. The van der Waals surface area contributed by atoms with Gasteiger partial charge in [-0.3, -0.25) is 0 Å². The number of likely N-dealkylation sites (tertiary alicyclic amines) is 1. The van der Waals surface area contributed by atoms with Gasteiger partial charge in [-0.15, -0.1) is 0 Å². The van der Waals surface area contributed by atoms with Crippen LogP contribution >= 0.6 is 0 Å². The lowest BCUT2D eigenvalue weighted by Gasteiger charge is -2.34. The monoisotopic (exact) mass is 170 g/mol. The number of nitrogens with one attached hydrogen (secondary N) is 1. The normalized spacial score (nSPS) is 21.2. The Bertz CT molecular complexity index is 126. The Labute approximate surface area is 76.3 Å². The third-order valence-corrected chi connectivity index (χ3v) is 2.74. The Balaban J connectivity index is 2.28. The van der Waals surface area contributed by atoms with Crippen LogP contribution in [0.4, 0.5) is 0 Å². The van der Waals surface area contributed by atoms with Crippen molar-refractivity contribution in [3.05, 3.63) is 0 Å². The van der Waals surface area contributed by atoms with Crippen LogP contribution in [0.3, 0.4) is 0 Å². The van der Waals surface area contributed by atoms with Crippen molar-refractivity contribution in [3.63, 3.8) is 0 Å². The fraction of sp³-hybridized carbons (Fsp3) is 1.00. The molecule has 1 aliphatic heterocycles. The van der Waals surface area contributed by atoms with Crippen LogP contribution in [-0.4, -0.2) is 37.1 Å². The van der Waals surface area contributed by atoms with Gasteiger partial charge in [0, 0.05) is 12.1 Å². The summed E-state index contributed by atoms with van der Waals surface area (Å²) in [5.74, 6) is 0. The molecule has 12 heavy (non-hydrogen) atoms. The standard InChI is InChI=1S/C10H22N2/c1-10(2,11-3)9-12-7-5-4-6-8-12/h11H,4-9H2,1-3H3. The van der Waals surface area contributed by atoms with Gasteiger partial charge in [0.2, 0.25) is 0 Å². The van der Waals surface area contributed by atoms with Crippen LogP contribution in [0.15, 0.2) is 0 Å². The Morgan fingerprint density at radius 3 is 2.25 bits per heavy atom. The minimum Gasteiger partial charge on any atom is -0.314 e. The molecule has 0 saturated carbocycles. The molecule has 0 aromatic carbocycles. The highest BCUT2D eigenvalue weighted by molar-refractivity contribution is 4.81. The summed E-state index contributed by atoms with van der Waals surface area (Å²) in [5.41, 5.74) is 0.275. The van der Waals surface area contributed by atoms with Crippen molar-refractivity contribution in [3.8, 4) is 0 Å². The van der Waals surface area contributed by atoms with E-state index in [1.165, 1.54) is 38.9 Å². The first kappa shape index (κ1) is 10.0. The van der Waals surface area contributed by atoms with E-state index in [-0.39, 0.29) is 5.54 Å². The molecule has 0 aliphatic carbocycles. The fourth-order valence-corrected chi connectivity index (χ4v) is 1.76. The molecule has 0 atom stereocenters. The molecule has 0 aromatic rings. The number of hydrogen-bond acceptors (Lipinski definition) is 2. The average Bonchev–Trinajstić information content (AvgIpc) is 2.06. The topological polar surface area (TPSA) is 15.3 Å². The van der Waals surface area contributed by atoms with Crippen molar-refractivity contribution in [1.82, 2.24) is 10.2 Å². The maximum absolute atomic E-state index is 3.35. The van der Waals surface area contributed by atoms with Crippen LogP contribution in [-0.2, 0) is 0 Å². The highest BCUT2D eigenvalue weighted by Gasteiger charge is 2.20. The first-order valence-corrected chi connectivity index (χ1v) is 5.05. The van der Waals surface area contributed by atoms with Crippen LogP contribution in [0, 0.1) is 0 Å². The molecule has 2 heteroatoms. The summed E-state index contributed by atoms with van der Waals surface area (Å²) >= 11 is 0. The number of rotatable bonds is 3. The molecule has 0 bridgehead atoms. The molecule has 1 saturated heterocycles. The molecular weight excluding hydrogens is 148 g/mol. The summed E-state index contributed by atoms with van der Waals surface area (Å²) < 4.78 is 0. The van der Waals surface area contributed by atoms with E-state index in [4.69, 9.17) is 0 Å². The lowest BCUT2D eigenvalue weighted by molar-refractivity contribution is 0.177. The Morgan fingerprint density at radius 2 is 1.75 bits per heavy atom. The summed E-state index contributed by atoms with van der Waals surface area (Å²) in [6.07, 6.45) is 4.20. The number of piperidine rings is 1. The maximum Gasteiger partial charge on any atom is 0.0249 e. The van der Waals surface area contributed by atoms with Crippen molar-refractivity contribution in [2.24, 2.45) is 0 Å². The number of nitrogens with zero attached hydrogens (tertiary/aromatic N) is 1. The van der Waals surface area contributed by atoms with Gasteiger partial charge in [0.1, 0.15) is 0 Å². The third-order valence-electron chi connectivity index (χ3n) is 2.74. The Hall–Kier alpha value is -0.0800. The highest BCUT2D eigenvalue weighted by Crippen LogP contribution is 2.12. The minimum absolute atomic E-state index is 0.275. The average molecular weight is 170 g/mol. The molecule has 0 unspecified atom stereocenters. The van der Waals surface area contributed by atoms with E-state index in [0.29, 0.717) is 0 Å². The van der Waals surface area contributed by atoms with Gasteiger partial charge in [0.25, 0.3) is 0 Å². The van der Waals surface area contributed by atoms with Crippen molar-refractivity contribution in [2.75, 3.05) is 26.7 Å². The lowest BCUT2D eigenvalue weighted by Crippen LogP contribution is -2.48.